The predicted molar refractivity (Wildman–Crippen MR) is 83.7 cm³/mol. The predicted octanol–water partition coefficient (Wildman–Crippen LogP) is 6.67. The summed E-state index contributed by atoms with van der Waals surface area (Å²) in [5.41, 5.74) is 0. The smallest absolute Gasteiger partial charge is 0.297 e. The molecule has 236 valence electrons. The van der Waals surface area contributed by atoms with Gasteiger partial charge in [0.2, 0.25) is 16.2 Å². The zero-order chi connectivity index (χ0) is 33.1. The fraction of sp³-hybridized carbons (Fsp3) is 0.800. The standard InChI is InChI=1S/C15H7F21O3Si/c1-2-3-40(4(37)7(16,17)10(22,23)13(28,29)30,5(38)8(18,19)11(24,25)14(31,32)33)6(39)9(20,21)12(26,27)15(34,35)36/h2-3H2,1H3. The molecule has 0 aliphatic carbocycles. The molecule has 0 spiro atoms. The van der Waals surface area contributed by atoms with Gasteiger partial charge in [-0.3, -0.25) is 14.4 Å². The summed E-state index contributed by atoms with van der Waals surface area (Å²) in [6.45, 7) is 0.0652. The molecule has 40 heavy (non-hydrogen) atoms. The third-order valence-electron chi connectivity index (χ3n) is 4.89. The molecule has 0 atom stereocenters. The minimum atomic E-state index is -9.18. The Morgan fingerprint density at radius 2 is 0.600 bits per heavy atom. The van der Waals surface area contributed by atoms with Crippen molar-refractivity contribution in [1.82, 2.24) is 0 Å². The van der Waals surface area contributed by atoms with E-state index in [1.54, 1.807) is 0 Å². The van der Waals surface area contributed by atoms with Gasteiger partial charge in [0.1, 0.15) is 0 Å². The molecule has 0 saturated carbocycles. The SMILES string of the molecule is CCC[Si](C(=O)C(F)(F)C(F)(F)C(F)(F)F)(C(=O)C(F)(F)C(F)(F)C(F)(F)F)C(=O)C(F)(F)C(F)(F)C(F)(F)F. The molecule has 0 N–H and O–H groups in total. The van der Waals surface area contributed by atoms with Crippen molar-refractivity contribution in [2.24, 2.45) is 0 Å². The van der Waals surface area contributed by atoms with Crippen LogP contribution in [-0.4, -0.2) is 78.4 Å². The molecule has 0 saturated heterocycles. The van der Waals surface area contributed by atoms with Crippen LogP contribution in [0.3, 0.4) is 0 Å². The first-order valence-electron chi connectivity index (χ1n) is 9.14. The summed E-state index contributed by atoms with van der Waals surface area (Å²) in [5, 5.41) is -15.7. The first-order valence-corrected chi connectivity index (χ1v) is 11.3. The number of hydrogen-bond donors (Lipinski definition) is 0. The van der Waals surface area contributed by atoms with Crippen molar-refractivity contribution in [3.8, 4) is 0 Å². The van der Waals surface area contributed by atoms with E-state index in [2.05, 4.69) is 0 Å². The second-order valence-electron chi connectivity index (χ2n) is 7.58. The Bertz CT molecular complexity index is 881. The van der Waals surface area contributed by atoms with Gasteiger partial charge in [0.05, 0.1) is 0 Å². The average Bonchev–Trinajstić information content (AvgIpc) is 2.73. The van der Waals surface area contributed by atoms with E-state index in [9.17, 15) is 107 Å². The Morgan fingerprint density at radius 3 is 0.725 bits per heavy atom. The third kappa shape index (κ3) is 5.13. The van der Waals surface area contributed by atoms with Crippen LogP contribution >= 0.6 is 0 Å². The van der Waals surface area contributed by atoms with Gasteiger partial charge in [0.25, 0.3) is 0 Å². The van der Waals surface area contributed by atoms with E-state index in [4.69, 9.17) is 0 Å². The van der Waals surface area contributed by atoms with Crippen molar-refractivity contribution < 1.29 is 107 Å². The van der Waals surface area contributed by atoms with Gasteiger partial charge in [-0.15, -0.1) is 0 Å². The maximum Gasteiger partial charge on any atom is 0.460 e. The van der Waals surface area contributed by atoms with Gasteiger partial charge >= 0.3 is 62.1 Å². The second-order valence-corrected chi connectivity index (χ2v) is 11.3. The van der Waals surface area contributed by atoms with Crippen LogP contribution < -0.4 is 0 Å². The zero-order valence-corrected chi connectivity index (χ0v) is 19.1. The van der Waals surface area contributed by atoms with Crippen LogP contribution in [0, 0.1) is 0 Å². The van der Waals surface area contributed by atoms with Gasteiger partial charge < -0.3 is 0 Å². The van der Waals surface area contributed by atoms with Crippen molar-refractivity contribution in [2.75, 3.05) is 0 Å². The van der Waals surface area contributed by atoms with Crippen LogP contribution in [0.25, 0.3) is 0 Å². The molecule has 0 rings (SSSR count). The maximum atomic E-state index is 14.1. The first-order chi connectivity index (χ1) is 17.0. The average molecular weight is 662 g/mol. The van der Waals surface area contributed by atoms with Crippen molar-refractivity contribution in [3.63, 3.8) is 0 Å². The fourth-order valence-electron chi connectivity index (χ4n) is 2.79. The lowest BCUT2D eigenvalue weighted by molar-refractivity contribution is -0.344. The Morgan fingerprint density at radius 1 is 0.425 bits per heavy atom. The molecule has 0 aromatic heterocycles. The summed E-state index contributed by atoms with van der Waals surface area (Å²) < 4.78 is 277. The van der Waals surface area contributed by atoms with Crippen LogP contribution in [0.15, 0.2) is 0 Å². The van der Waals surface area contributed by atoms with Crippen molar-refractivity contribution in [3.05, 3.63) is 0 Å². The van der Waals surface area contributed by atoms with Crippen LogP contribution in [0.4, 0.5) is 92.2 Å². The van der Waals surface area contributed by atoms with Crippen LogP contribution in [0.5, 0.6) is 0 Å². The van der Waals surface area contributed by atoms with E-state index in [-0.39, 0.29) is 6.92 Å². The van der Waals surface area contributed by atoms with Crippen LogP contribution in [0.1, 0.15) is 13.3 Å². The number of hydrogen-bond acceptors (Lipinski definition) is 3. The van der Waals surface area contributed by atoms with Gasteiger partial charge in [-0.25, -0.2) is 0 Å². The molecule has 3 nitrogen and oxygen atoms in total. The van der Waals surface area contributed by atoms with E-state index in [0.717, 1.165) is 0 Å². The quantitative estimate of drug-likeness (QED) is 0.184. The number of alkyl halides is 21. The Hall–Kier alpha value is -2.24. The molecule has 0 heterocycles. The highest BCUT2D eigenvalue weighted by atomic mass is 28.3. The van der Waals surface area contributed by atoms with Gasteiger partial charge in [0, 0.05) is 0 Å². The molecule has 0 radical (unpaired) electrons. The molecule has 25 heteroatoms. The first kappa shape index (κ1) is 37.8. The molecule has 0 aromatic carbocycles. The number of halogens is 21. The van der Waals surface area contributed by atoms with Crippen molar-refractivity contribution in [1.29, 1.82) is 0 Å². The second kappa shape index (κ2) is 9.94. The highest BCUT2D eigenvalue weighted by molar-refractivity contribution is 7.41. The summed E-state index contributed by atoms with van der Waals surface area (Å²) in [7, 11) is -9.18. The van der Waals surface area contributed by atoms with E-state index >= 15 is 0 Å². The van der Waals surface area contributed by atoms with Gasteiger partial charge in [-0.05, 0) is 6.04 Å². The van der Waals surface area contributed by atoms with Crippen molar-refractivity contribution in [2.45, 2.75) is 73.5 Å². The van der Waals surface area contributed by atoms with Crippen molar-refractivity contribution >= 4 is 24.3 Å². The Kier molecular flexibility index (Phi) is 9.38. The number of carbonyl (C=O) groups is 3. The Labute approximate surface area is 205 Å². The zero-order valence-electron chi connectivity index (χ0n) is 18.1. The molecule has 0 bridgehead atoms. The van der Waals surface area contributed by atoms with Crippen LogP contribution in [0.2, 0.25) is 6.04 Å². The molecule has 0 aliphatic rings. The van der Waals surface area contributed by atoms with Gasteiger partial charge in [-0.2, -0.15) is 92.2 Å². The summed E-state index contributed by atoms with van der Waals surface area (Å²) in [5.74, 6) is -48.5. The molecule has 0 aliphatic heterocycles. The third-order valence-corrected chi connectivity index (χ3v) is 9.41. The molecule has 0 amide bonds. The van der Waals surface area contributed by atoms with E-state index in [1.807, 2.05) is 0 Å². The highest BCUT2D eigenvalue weighted by Gasteiger charge is 2.88. The summed E-state index contributed by atoms with van der Waals surface area (Å²) in [4.78, 5) is 36.2. The van der Waals surface area contributed by atoms with E-state index < -0.39 is 90.8 Å². The van der Waals surface area contributed by atoms with Gasteiger partial charge in [-0.1, -0.05) is 13.3 Å². The number of rotatable bonds is 11. The molecule has 0 aromatic rings. The topological polar surface area (TPSA) is 51.2 Å². The van der Waals surface area contributed by atoms with E-state index in [0.29, 0.717) is 0 Å². The fourth-order valence-corrected chi connectivity index (χ4v) is 6.92. The molecular formula is C15H7F21O3Si. The monoisotopic (exact) mass is 662 g/mol. The van der Waals surface area contributed by atoms with E-state index in [1.165, 1.54) is 0 Å². The minimum Gasteiger partial charge on any atom is -0.297 e. The lowest BCUT2D eigenvalue weighted by atomic mass is 10.1. The highest BCUT2D eigenvalue weighted by Crippen LogP contribution is 2.54. The largest absolute Gasteiger partial charge is 0.460 e. The molecule has 0 unspecified atom stereocenters. The lowest BCUT2D eigenvalue weighted by Gasteiger charge is -2.39. The molecule has 0 fully saturated rings. The molecular weight excluding hydrogens is 655 g/mol. The summed E-state index contributed by atoms with van der Waals surface area (Å²) >= 11 is 0. The van der Waals surface area contributed by atoms with Crippen LogP contribution in [-0.2, 0) is 14.4 Å². The summed E-state index contributed by atoms with van der Waals surface area (Å²) in [6, 6.07) is -3.18. The Balaban J connectivity index is 8.18. The van der Waals surface area contributed by atoms with Gasteiger partial charge in [0.15, 0.2) is 0 Å². The summed E-state index contributed by atoms with van der Waals surface area (Å²) in [6.07, 6.45) is -25.4. The minimum absolute atomic E-state index is 0.0652. The lowest BCUT2D eigenvalue weighted by Crippen LogP contribution is -2.78. The maximum absolute atomic E-state index is 14.1. The normalized spacial score (nSPS) is 15.8. The number of carbonyl (C=O) groups excluding carboxylic acids is 3.